The second-order valence-corrected chi connectivity index (χ2v) is 7.02. The van der Waals surface area contributed by atoms with Crippen LogP contribution in [0.4, 0.5) is 26.3 Å². The number of ketones is 1. The van der Waals surface area contributed by atoms with Crippen LogP contribution < -0.4 is 0 Å². The van der Waals surface area contributed by atoms with Crippen molar-refractivity contribution in [2.24, 2.45) is 0 Å². The molecule has 32 heavy (non-hydrogen) atoms. The summed E-state index contributed by atoms with van der Waals surface area (Å²) in [6.45, 7) is 0. The van der Waals surface area contributed by atoms with Crippen molar-refractivity contribution in [1.82, 2.24) is 4.98 Å². The molecule has 0 amide bonds. The number of hydrogen-bond donors (Lipinski definition) is 0. The summed E-state index contributed by atoms with van der Waals surface area (Å²) in [6, 6.07) is 15.3. The fraction of sp³-hybridized carbons (Fsp3) is 0.0833. The molecule has 0 radical (unpaired) electrons. The highest BCUT2D eigenvalue weighted by Gasteiger charge is 2.35. The Hall–Kier alpha value is -3.68. The third kappa shape index (κ3) is 3.95. The van der Waals surface area contributed by atoms with Gasteiger partial charge in [0.25, 0.3) is 0 Å². The van der Waals surface area contributed by atoms with Gasteiger partial charge >= 0.3 is 12.4 Å². The van der Waals surface area contributed by atoms with E-state index < -0.39 is 34.8 Å². The van der Waals surface area contributed by atoms with E-state index in [9.17, 15) is 31.1 Å². The van der Waals surface area contributed by atoms with Crippen molar-refractivity contribution in [2.75, 3.05) is 0 Å². The van der Waals surface area contributed by atoms with Crippen LogP contribution >= 0.6 is 0 Å². The first-order valence-electron chi connectivity index (χ1n) is 9.33. The number of carbonyl (C=O) groups excluding carboxylic acids is 1. The summed E-state index contributed by atoms with van der Waals surface area (Å²) in [5.74, 6) is -0.565. The second kappa shape index (κ2) is 7.78. The number of carbonyl (C=O) groups is 1. The number of rotatable bonds is 3. The van der Waals surface area contributed by atoms with Crippen LogP contribution in [0.2, 0.25) is 0 Å². The summed E-state index contributed by atoms with van der Waals surface area (Å²) in [4.78, 5) is 17.1. The fourth-order valence-corrected chi connectivity index (χ4v) is 3.53. The van der Waals surface area contributed by atoms with Crippen LogP contribution in [-0.4, -0.2) is 10.8 Å². The summed E-state index contributed by atoms with van der Waals surface area (Å²) in [6.07, 6.45) is -8.41. The van der Waals surface area contributed by atoms with E-state index in [2.05, 4.69) is 4.98 Å². The number of hydrogen-bond acceptors (Lipinski definition) is 2. The standard InChI is InChI=1S/C24H13F6NO/c25-23(26,27)16-9-4-8-15(12-16)20-17-10-5-11-19(24(28,29)30)21(17)31-13-18(20)22(32)14-6-2-1-3-7-14/h1-13H. The zero-order chi connectivity index (χ0) is 23.1. The Morgan fingerprint density at radius 1 is 0.750 bits per heavy atom. The highest BCUT2D eigenvalue weighted by molar-refractivity contribution is 6.16. The third-order valence-corrected chi connectivity index (χ3v) is 4.96. The number of pyridine rings is 1. The van der Waals surface area contributed by atoms with Gasteiger partial charge in [-0.25, -0.2) is 0 Å². The Morgan fingerprint density at radius 3 is 2.09 bits per heavy atom. The molecule has 4 rings (SSSR count). The molecule has 0 atom stereocenters. The minimum Gasteiger partial charge on any atom is -0.289 e. The summed E-state index contributed by atoms with van der Waals surface area (Å²) in [5, 5.41) is -0.0686. The molecule has 0 aliphatic rings. The van der Waals surface area contributed by atoms with Crippen molar-refractivity contribution >= 4 is 16.7 Å². The van der Waals surface area contributed by atoms with E-state index in [-0.39, 0.29) is 27.6 Å². The molecule has 162 valence electrons. The van der Waals surface area contributed by atoms with Gasteiger partial charge in [0.15, 0.2) is 5.78 Å². The minimum absolute atomic E-state index is 0.0363. The van der Waals surface area contributed by atoms with E-state index in [0.29, 0.717) is 0 Å². The Bertz CT molecular complexity index is 1310. The van der Waals surface area contributed by atoms with Crippen molar-refractivity contribution in [1.29, 1.82) is 0 Å². The van der Waals surface area contributed by atoms with Gasteiger partial charge in [-0.15, -0.1) is 0 Å². The van der Waals surface area contributed by atoms with Gasteiger partial charge in [0, 0.05) is 28.3 Å². The van der Waals surface area contributed by atoms with Crippen molar-refractivity contribution < 1.29 is 31.1 Å². The number of benzene rings is 3. The maximum atomic E-state index is 13.5. The molecule has 0 aliphatic carbocycles. The van der Waals surface area contributed by atoms with Crippen LogP contribution in [0.3, 0.4) is 0 Å². The summed E-state index contributed by atoms with van der Waals surface area (Å²) in [5.41, 5.74) is -2.41. The lowest BCUT2D eigenvalue weighted by Crippen LogP contribution is -2.10. The zero-order valence-electron chi connectivity index (χ0n) is 16.1. The molecule has 0 aliphatic heterocycles. The molecule has 0 bridgehead atoms. The van der Waals surface area contributed by atoms with Gasteiger partial charge in [-0.05, 0) is 23.8 Å². The molecule has 1 aromatic heterocycles. The molecule has 0 saturated carbocycles. The highest BCUT2D eigenvalue weighted by atomic mass is 19.4. The molecule has 0 saturated heterocycles. The van der Waals surface area contributed by atoms with E-state index in [4.69, 9.17) is 0 Å². The number of nitrogens with zero attached hydrogens (tertiary/aromatic N) is 1. The second-order valence-electron chi connectivity index (χ2n) is 7.02. The summed E-state index contributed by atoms with van der Waals surface area (Å²) in [7, 11) is 0. The van der Waals surface area contributed by atoms with Crippen molar-refractivity contribution in [2.45, 2.75) is 12.4 Å². The number of para-hydroxylation sites is 1. The fourth-order valence-electron chi connectivity index (χ4n) is 3.53. The molecule has 0 unspecified atom stereocenters. The van der Waals surface area contributed by atoms with Crippen LogP contribution in [0.15, 0.2) is 79.0 Å². The lowest BCUT2D eigenvalue weighted by Gasteiger charge is -2.16. The van der Waals surface area contributed by atoms with Crippen LogP contribution in [0.25, 0.3) is 22.0 Å². The lowest BCUT2D eigenvalue weighted by atomic mass is 9.90. The minimum atomic E-state index is -4.73. The Labute approximate surface area is 178 Å². The third-order valence-electron chi connectivity index (χ3n) is 4.96. The van der Waals surface area contributed by atoms with Crippen LogP contribution in [-0.2, 0) is 12.4 Å². The van der Waals surface area contributed by atoms with Gasteiger partial charge in [-0.1, -0.05) is 54.6 Å². The van der Waals surface area contributed by atoms with E-state index >= 15 is 0 Å². The van der Waals surface area contributed by atoms with Crippen LogP contribution in [0.1, 0.15) is 27.0 Å². The maximum Gasteiger partial charge on any atom is 0.418 e. The largest absolute Gasteiger partial charge is 0.418 e. The van der Waals surface area contributed by atoms with Crippen LogP contribution in [0, 0.1) is 0 Å². The number of aromatic nitrogens is 1. The monoisotopic (exact) mass is 445 g/mol. The number of halogens is 6. The molecule has 0 N–H and O–H groups in total. The van der Waals surface area contributed by atoms with Gasteiger partial charge in [0.1, 0.15) is 0 Å². The molecular weight excluding hydrogens is 432 g/mol. The average molecular weight is 445 g/mol. The van der Waals surface area contributed by atoms with Crippen molar-refractivity contribution in [3.63, 3.8) is 0 Å². The van der Waals surface area contributed by atoms with Gasteiger partial charge < -0.3 is 0 Å². The number of alkyl halides is 6. The first kappa shape index (κ1) is 21.5. The maximum absolute atomic E-state index is 13.5. The van der Waals surface area contributed by atoms with Gasteiger partial charge in [-0.3, -0.25) is 9.78 Å². The normalized spacial score (nSPS) is 12.2. The molecule has 2 nitrogen and oxygen atoms in total. The molecule has 0 spiro atoms. The zero-order valence-corrected chi connectivity index (χ0v) is 16.1. The Balaban J connectivity index is 2.07. The predicted molar refractivity (Wildman–Crippen MR) is 107 cm³/mol. The summed E-state index contributed by atoms with van der Waals surface area (Å²) >= 11 is 0. The number of fused-ring (bicyclic) bond motifs is 1. The Kier molecular flexibility index (Phi) is 5.24. The first-order valence-corrected chi connectivity index (χ1v) is 9.33. The molecule has 8 heteroatoms. The van der Waals surface area contributed by atoms with Crippen molar-refractivity contribution in [3.05, 3.63) is 101 Å². The topological polar surface area (TPSA) is 30.0 Å². The van der Waals surface area contributed by atoms with E-state index in [1.165, 1.54) is 24.3 Å². The van der Waals surface area contributed by atoms with E-state index in [0.717, 1.165) is 36.5 Å². The SMILES string of the molecule is O=C(c1ccccc1)c1cnc2c(C(F)(F)F)cccc2c1-c1cccc(C(F)(F)F)c1. The van der Waals surface area contributed by atoms with Gasteiger partial charge in [0.2, 0.25) is 0 Å². The van der Waals surface area contributed by atoms with Gasteiger partial charge in [-0.2, -0.15) is 26.3 Å². The van der Waals surface area contributed by atoms with E-state index in [1.54, 1.807) is 18.2 Å². The smallest absolute Gasteiger partial charge is 0.289 e. The summed E-state index contributed by atoms with van der Waals surface area (Å²) < 4.78 is 80.6. The molecular formula is C24H13F6NO. The molecule has 4 aromatic rings. The predicted octanol–water partition coefficient (Wildman–Crippen LogP) is 7.17. The highest BCUT2D eigenvalue weighted by Crippen LogP contribution is 2.40. The van der Waals surface area contributed by atoms with Gasteiger partial charge in [0.05, 0.1) is 16.6 Å². The quantitative estimate of drug-likeness (QED) is 0.247. The van der Waals surface area contributed by atoms with Crippen LogP contribution in [0.5, 0.6) is 0 Å². The first-order chi connectivity index (χ1) is 15.1. The van der Waals surface area contributed by atoms with E-state index in [1.807, 2.05) is 0 Å². The molecule has 1 heterocycles. The average Bonchev–Trinajstić information content (AvgIpc) is 2.77. The molecule has 3 aromatic carbocycles. The molecule has 0 fully saturated rings. The Morgan fingerprint density at radius 2 is 1.44 bits per heavy atom. The lowest BCUT2D eigenvalue weighted by molar-refractivity contribution is -0.138. The van der Waals surface area contributed by atoms with Crippen molar-refractivity contribution in [3.8, 4) is 11.1 Å².